The molecule has 5 atom stereocenters. The van der Waals surface area contributed by atoms with Crippen LogP contribution >= 0.6 is 11.6 Å². The van der Waals surface area contributed by atoms with Crippen LogP contribution in [0, 0.1) is 17.8 Å². The molecule has 1 saturated heterocycles. The van der Waals surface area contributed by atoms with Crippen LogP contribution in [0.15, 0.2) is 173 Å². The normalized spacial score (nSPS) is 23.5. The second-order valence-corrected chi connectivity index (χ2v) is 26.0. The highest BCUT2D eigenvalue weighted by Gasteiger charge is 2.59. The molecule has 3 aliphatic carbocycles. The summed E-state index contributed by atoms with van der Waals surface area (Å²) in [7, 11) is 1.77. The van der Waals surface area contributed by atoms with Gasteiger partial charge < -0.3 is 32.5 Å². The molecule has 4 aliphatic heterocycles. The van der Waals surface area contributed by atoms with E-state index in [1.807, 2.05) is 151 Å². The van der Waals surface area contributed by atoms with Crippen molar-refractivity contribution in [1.29, 1.82) is 0 Å². The Bertz CT molecular complexity index is 3570. The Morgan fingerprint density at radius 3 is 1.98 bits per heavy atom. The monoisotopic (exact) mass is 1230 g/mol. The molecule has 0 spiro atoms. The average Bonchev–Trinajstić information content (AvgIpc) is 1.59. The number of nitrogens with two attached hydrogens (primary N) is 3. The van der Waals surface area contributed by atoms with E-state index in [1.165, 1.54) is 61.2 Å². The quantitative estimate of drug-likeness (QED) is 0.0578. The van der Waals surface area contributed by atoms with Crippen molar-refractivity contribution in [2.45, 2.75) is 145 Å². The number of guanidine groups is 3. The van der Waals surface area contributed by atoms with E-state index in [1.54, 1.807) is 25.1 Å². The number of nitrogens with one attached hydrogen (secondary N) is 1. The van der Waals surface area contributed by atoms with Crippen LogP contribution in [0.2, 0.25) is 5.02 Å². The van der Waals surface area contributed by atoms with E-state index in [2.05, 4.69) is 21.4 Å². The number of hydrogen-bond acceptors (Lipinski definition) is 13. The number of aliphatic imine (C=N–C) groups is 3. The van der Waals surface area contributed by atoms with E-state index in [0.29, 0.717) is 28.5 Å². The molecule has 18 heteroatoms. The molecule has 4 fully saturated rings. The third-order valence-corrected chi connectivity index (χ3v) is 19.6. The maximum Gasteiger partial charge on any atom is 0.266 e. The van der Waals surface area contributed by atoms with Crippen molar-refractivity contribution < 1.29 is 24.3 Å². The maximum absolute atomic E-state index is 13.9. The SMILES string of the molecule is CC(CO)N1C(=O)C(c2cccc(-c3cccc(Cl)c3)c2)(C2CC2)N=C1N.CN1C(=O)[C@@](CCC2CCCCC2)(C[C@H]2CCC[C@@H](Nc3cccnc3)C2)N=C1N.NC1=NC(c2ccccc2)(c2ccccc2)C(=O)N1Cc1cccc(C(=O)N2CCCC2)c1. The number of aliphatic hydroxyl groups excluding tert-OH is 1. The molecular weight excluding hydrogens is 1150 g/mol. The molecule has 17 nitrogen and oxygen atoms in total. The Morgan fingerprint density at radius 2 is 1.33 bits per heavy atom. The number of nitrogens with zero attached hydrogens (tertiary/aromatic N) is 8. The Kier molecular flexibility index (Phi) is 19.5. The van der Waals surface area contributed by atoms with E-state index < -0.39 is 22.7 Å². The highest BCUT2D eigenvalue weighted by atomic mass is 35.5. The summed E-state index contributed by atoms with van der Waals surface area (Å²) in [4.78, 5) is 78.3. The van der Waals surface area contributed by atoms with Gasteiger partial charge in [0.25, 0.3) is 23.6 Å². The number of likely N-dealkylation sites (tertiary alicyclic amines) is 1. The first-order valence-corrected chi connectivity index (χ1v) is 32.6. The van der Waals surface area contributed by atoms with Crippen LogP contribution in [0.1, 0.15) is 142 Å². The number of pyridine rings is 1. The van der Waals surface area contributed by atoms with Crippen LogP contribution in [0.3, 0.4) is 0 Å². The Balaban J connectivity index is 0.000000140. The van der Waals surface area contributed by atoms with Crippen molar-refractivity contribution in [2.24, 2.45) is 49.9 Å². The van der Waals surface area contributed by atoms with Crippen LogP contribution in [0.5, 0.6) is 0 Å². The van der Waals surface area contributed by atoms with Gasteiger partial charge in [-0.15, -0.1) is 0 Å². The van der Waals surface area contributed by atoms with Gasteiger partial charge in [0.2, 0.25) is 0 Å². The van der Waals surface area contributed by atoms with Crippen LogP contribution in [-0.2, 0) is 32.0 Å². The van der Waals surface area contributed by atoms with Crippen LogP contribution in [0.25, 0.3) is 11.1 Å². The van der Waals surface area contributed by atoms with Gasteiger partial charge >= 0.3 is 0 Å². The lowest BCUT2D eigenvalue weighted by Crippen LogP contribution is -2.49. The van der Waals surface area contributed by atoms with Crippen LogP contribution in [0.4, 0.5) is 5.69 Å². The lowest BCUT2D eigenvalue weighted by Gasteiger charge is -2.36. The summed E-state index contributed by atoms with van der Waals surface area (Å²) in [6.07, 6.45) is 21.7. The van der Waals surface area contributed by atoms with Gasteiger partial charge in [-0.05, 0) is 158 Å². The van der Waals surface area contributed by atoms with Gasteiger partial charge in [0.1, 0.15) is 5.54 Å². The lowest BCUT2D eigenvalue weighted by atomic mass is 9.74. The van der Waals surface area contributed by atoms with E-state index in [-0.39, 0.29) is 54.6 Å². The second-order valence-electron chi connectivity index (χ2n) is 25.5. The van der Waals surface area contributed by atoms with Gasteiger partial charge in [-0.2, -0.15) is 0 Å². The van der Waals surface area contributed by atoms with Gasteiger partial charge in [-0.3, -0.25) is 38.9 Å². The largest absolute Gasteiger partial charge is 0.394 e. The van der Waals surface area contributed by atoms with Gasteiger partial charge in [-0.25, -0.2) is 15.0 Å². The summed E-state index contributed by atoms with van der Waals surface area (Å²) in [5.74, 6) is 1.92. The lowest BCUT2D eigenvalue weighted by molar-refractivity contribution is -0.134. The first kappa shape index (κ1) is 63.2. The molecule has 4 amide bonds. The van der Waals surface area contributed by atoms with E-state index >= 15 is 0 Å². The van der Waals surface area contributed by atoms with E-state index in [0.717, 1.165) is 109 Å². The topological polar surface area (TPSA) is 242 Å². The summed E-state index contributed by atoms with van der Waals surface area (Å²) < 4.78 is 0. The minimum atomic E-state index is -1.23. The molecule has 0 bridgehead atoms. The molecule has 5 heterocycles. The summed E-state index contributed by atoms with van der Waals surface area (Å²) >= 11 is 6.14. The van der Waals surface area contributed by atoms with E-state index in [4.69, 9.17) is 38.8 Å². The van der Waals surface area contributed by atoms with E-state index in [9.17, 15) is 24.3 Å². The summed E-state index contributed by atoms with van der Waals surface area (Å²) in [6.45, 7) is 3.45. The fourth-order valence-electron chi connectivity index (χ4n) is 14.4. The fraction of sp³-hybridized carbons (Fsp3) is 0.417. The molecular formula is C72H85ClN12O5. The number of anilines is 1. The third-order valence-electron chi connectivity index (χ3n) is 19.3. The molecule has 7 aliphatic rings. The van der Waals surface area contributed by atoms with Gasteiger partial charge in [0, 0.05) is 49.2 Å². The van der Waals surface area contributed by atoms with Crippen LogP contribution in [-0.4, -0.2) is 116 Å². The first-order valence-electron chi connectivity index (χ1n) is 32.3. The van der Waals surface area contributed by atoms with Crippen LogP contribution < -0.4 is 22.5 Å². The average molecular weight is 1230 g/mol. The predicted molar refractivity (Wildman–Crippen MR) is 355 cm³/mol. The zero-order chi connectivity index (χ0) is 63.0. The number of aromatic nitrogens is 1. The van der Waals surface area contributed by atoms with Crippen molar-refractivity contribution in [2.75, 3.05) is 32.1 Å². The first-order chi connectivity index (χ1) is 43.6. The number of carbonyl (C=O) groups excluding carboxylic acids is 4. The molecule has 1 aromatic heterocycles. The molecule has 8 N–H and O–H groups in total. The number of carbonyl (C=O) groups is 4. The van der Waals surface area contributed by atoms with Crippen molar-refractivity contribution in [3.05, 3.63) is 191 Å². The number of likely N-dealkylation sites (N-methyl/N-ethyl adjacent to an activating group) is 1. The highest BCUT2D eigenvalue weighted by molar-refractivity contribution is 6.30. The van der Waals surface area contributed by atoms with Gasteiger partial charge in [0.15, 0.2) is 29.0 Å². The number of benzene rings is 5. The standard InChI is InChI=1S/C27H26N4O2.C24H37N5O.C21H22ClN3O2/c28-26-29-27(22-12-3-1-4-13-22,23-14-5-2-6-15-23)25(33)31(26)19-20-10-9-11-21(18-20)24(32)30-16-7-8-17-30;1-29-22(30)24(28-23(29)25,13-12-18-7-3-2-4-8-18)16-19-9-5-10-20(15-19)27-21-11-6-14-26-17-21;1-13(12-26)25-19(27)21(16-8-9-16,24-20(25)23)17-6-2-4-14(10-17)15-5-3-7-18(22)11-15/h1-6,9-15,18H,7-8,16-17,19H2,(H2,28,29);6,11,14,17-20,27H,2-5,7-10,12-13,15-16H2,1H3,(H2,25,28);2-7,10-11,13,16,26H,8-9,12H2,1H3,(H2,23,24)/t;19-,20+,24+;/m.0./s1. The third kappa shape index (κ3) is 13.4. The number of amides is 4. The second kappa shape index (κ2) is 27.8. The number of hydrogen-bond donors (Lipinski definition) is 5. The summed E-state index contributed by atoms with van der Waals surface area (Å²) in [5.41, 5.74) is 22.6. The zero-order valence-corrected chi connectivity index (χ0v) is 52.6. The zero-order valence-electron chi connectivity index (χ0n) is 51.8. The molecule has 2 unspecified atom stereocenters. The van der Waals surface area contributed by atoms with Crippen molar-refractivity contribution in [3.8, 4) is 11.1 Å². The molecule has 6 aromatic rings. The molecule has 5 aromatic carbocycles. The molecule has 13 rings (SSSR count). The number of halogens is 1. The van der Waals surface area contributed by atoms with Crippen molar-refractivity contribution in [1.82, 2.24) is 24.6 Å². The minimum Gasteiger partial charge on any atom is -0.394 e. The molecule has 470 valence electrons. The molecule has 90 heavy (non-hydrogen) atoms. The van der Waals surface area contributed by atoms with Gasteiger partial charge in [0.05, 0.1) is 24.9 Å². The maximum atomic E-state index is 13.9. The van der Waals surface area contributed by atoms with Crippen molar-refractivity contribution >= 4 is 58.8 Å². The molecule has 3 saturated carbocycles. The Labute approximate surface area is 533 Å². The smallest absolute Gasteiger partial charge is 0.266 e. The fourth-order valence-corrected chi connectivity index (χ4v) is 14.6. The summed E-state index contributed by atoms with van der Waals surface area (Å²) in [6, 6.07) is 46.0. The Morgan fingerprint density at radius 1 is 0.667 bits per heavy atom. The number of aliphatic hydroxyl groups is 1. The van der Waals surface area contributed by atoms with Gasteiger partial charge in [-0.1, -0.05) is 160 Å². The van der Waals surface area contributed by atoms with Crippen molar-refractivity contribution in [3.63, 3.8) is 0 Å². The number of rotatable bonds is 17. The Hall–Kier alpha value is -8.41. The predicted octanol–water partition coefficient (Wildman–Crippen LogP) is 11.0. The molecule has 0 radical (unpaired) electrons. The summed E-state index contributed by atoms with van der Waals surface area (Å²) in [5, 5.41) is 13.8. The minimum absolute atomic E-state index is 0.0339. The highest BCUT2D eigenvalue weighted by Crippen LogP contribution is 2.52.